The number of aromatic nitrogens is 2. The Balaban J connectivity index is 1.63. The number of nitrogens with zero attached hydrogens (tertiary/aromatic N) is 2. The van der Waals surface area contributed by atoms with Crippen molar-refractivity contribution in [3.05, 3.63) is 46.5 Å². The van der Waals surface area contributed by atoms with Crippen LogP contribution in [0.5, 0.6) is 0 Å². The van der Waals surface area contributed by atoms with E-state index in [9.17, 15) is 9.00 Å². The van der Waals surface area contributed by atoms with E-state index in [0.717, 1.165) is 16.9 Å². The Bertz CT molecular complexity index is 864. The van der Waals surface area contributed by atoms with Crippen LogP contribution in [0, 0.1) is 17.3 Å². The van der Waals surface area contributed by atoms with Gasteiger partial charge < -0.3 is 5.32 Å². The molecule has 0 saturated heterocycles. The standard InChI is InChI=1S/C17H17Cl2N3O2S2/c1-17(2)11(8-12(18)19)13(17)14(23)20-15-21-22-16(25-15)26(24)9-10-6-4-3-5-7-10/h3-8,11,13H,9H2,1-2H3,(H,20,21,23)/t11-,13+,26-/m0/s1. The summed E-state index contributed by atoms with van der Waals surface area (Å²) < 4.78 is 13.0. The zero-order chi connectivity index (χ0) is 18.9. The third kappa shape index (κ3) is 4.34. The van der Waals surface area contributed by atoms with Crippen LogP contribution in [0.3, 0.4) is 0 Å². The van der Waals surface area contributed by atoms with Crippen LogP contribution < -0.4 is 5.32 Å². The summed E-state index contributed by atoms with van der Waals surface area (Å²) in [6.45, 7) is 3.96. The van der Waals surface area contributed by atoms with Crippen LogP contribution in [0.1, 0.15) is 19.4 Å². The Hall–Kier alpha value is -1.28. The Morgan fingerprint density at radius 2 is 2.00 bits per heavy atom. The molecule has 138 valence electrons. The van der Waals surface area contributed by atoms with Gasteiger partial charge in [-0.3, -0.25) is 9.00 Å². The van der Waals surface area contributed by atoms with Gasteiger partial charge in [0.25, 0.3) is 0 Å². The molecule has 26 heavy (non-hydrogen) atoms. The summed E-state index contributed by atoms with van der Waals surface area (Å²) in [7, 11) is -1.30. The van der Waals surface area contributed by atoms with E-state index >= 15 is 0 Å². The number of halogens is 2. The summed E-state index contributed by atoms with van der Waals surface area (Å²) in [6.07, 6.45) is 1.69. The van der Waals surface area contributed by atoms with Crippen LogP contribution in [0.4, 0.5) is 5.13 Å². The van der Waals surface area contributed by atoms with Crippen molar-refractivity contribution in [3.63, 3.8) is 0 Å². The molecule has 0 spiro atoms. The van der Waals surface area contributed by atoms with Crippen molar-refractivity contribution in [3.8, 4) is 0 Å². The zero-order valence-electron chi connectivity index (χ0n) is 14.1. The lowest BCUT2D eigenvalue weighted by Crippen LogP contribution is -2.16. The van der Waals surface area contributed by atoms with Crippen molar-refractivity contribution in [1.29, 1.82) is 0 Å². The number of hydrogen-bond acceptors (Lipinski definition) is 5. The lowest BCUT2D eigenvalue weighted by Gasteiger charge is -2.02. The third-order valence-corrected chi connectivity index (χ3v) is 7.23. The second-order valence-corrected chi connectivity index (χ2v) is 10.2. The minimum atomic E-state index is -1.30. The number of carbonyl (C=O) groups is 1. The molecule has 3 rings (SSSR count). The van der Waals surface area contributed by atoms with Gasteiger partial charge in [-0.15, -0.1) is 10.2 Å². The summed E-state index contributed by atoms with van der Waals surface area (Å²) in [4.78, 5) is 12.5. The van der Waals surface area contributed by atoms with E-state index in [0.29, 0.717) is 15.2 Å². The Morgan fingerprint density at radius 1 is 1.31 bits per heavy atom. The van der Waals surface area contributed by atoms with Gasteiger partial charge in [0.1, 0.15) is 4.49 Å². The number of nitrogens with one attached hydrogen (secondary N) is 1. The van der Waals surface area contributed by atoms with Crippen LogP contribution in [-0.2, 0) is 21.3 Å². The largest absolute Gasteiger partial charge is 0.300 e. The van der Waals surface area contributed by atoms with Gasteiger partial charge in [-0.2, -0.15) is 0 Å². The molecule has 0 aliphatic heterocycles. The van der Waals surface area contributed by atoms with Crippen LogP contribution in [-0.4, -0.2) is 20.3 Å². The van der Waals surface area contributed by atoms with E-state index in [1.807, 2.05) is 44.2 Å². The Labute approximate surface area is 168 Å². The first-order chi connectivity index (χ1) is 12.3. The first-order valence-corrected chi connectivity index (χ1v) is 10.8. The fourth-order valence-electron chi connectivity index (χ4n) is 2.95. The van der Waals surface area contributed by atoms with E-state index in [1.165, 1.54) is 0 Å². The van der Waals surface area contributed by atoms with Gasteiger partial charge >= 0.3 is 0 Å². The highest BCUT2D eigenvalue weighted by Gasteiger charge is 2.60. The van der Waals surface area contributed by atoms with E-state index in [1.54, 1.807) is 6.08 Å². The van der Waals surface area contributed by atoms with Crippen LogP contribution in [0.2, 0.25) is 0 Å². The van der Waals surface area contributed by atoms with Gasteiger partial charge in [-0.1, -0.05) is 78.7 Å². The van der Waals surface area contributed by atoms with Gasteiger partial charge in [0, 0.05) is 0 Å². The number of rotatable bonds is 6. The van der Waals surface area contributed by atoms with Crippen molar-refractivity contribution in [2.24, 2.45) is 17.3 Å². The number of amides is 1. The van der Waals surface area contributed by atoms with Crippen molar-refractivity contribution < 1.29 is 9.00 Å². The van der Waals surface area contributed by atoms with Crippen LogP contribution >= 0.6 is 34.5 Å². The molecule has 1 saturated carbocycles. The molecular formula is C17H17Cl2N3O2S2. The fraction of sp³-hybridized carbons (Fsp3) is 0.353. The van der Waals surface area contributed by atoms with Crippen LogP contribution in [0.15, 0.2) is 45.2 Å². The number of anilines is 1. The average molecular weight is 430 g/mol. The first kappa shape index (κ1) is 19.5. The normalized spacial score (nSPS) is 21.7. The van der Waals surface area contributed by atoms with Gasteiger partial charge in [0.2, 0.25) is 15.4 Å². The second kappa shape index (κ2) is 7.76. The lowest BCUT2D eigenvalue weighted by atomic mass is 10.1. The highest BCUT2D eigenvalue weighted by Crippen LogP contribution is 2.60. The quantitative estimate of drug-likeness (QED) is 0.691. The Morgan fingerprint density at radius 3 is 2.65 bits per heavy atom. The molecule has 1 heterocycles. The van der Waals surface area contributed by atoms with Crippen molar-refractivity contribution in [2.75, 3.05) is 5.32 Å². The van der Waals surface area contributed by atoms with Gasteiger partial charge in [-0.25, -0.2) is 0 Å². The fourth-order valence-corrected chi connectivity index (χ4v) is 5.24. The van der Waals surface area contributed by atoms with Crippen molar-refractivity contribution in [1.82, 2.24) is 10.2 Å². The van der Waals surface area contributed by atoms with E-state index in [4.69, 9.17) is 23.2 Å². The van der Waals surface area contributed by atoms with Gasteiger partial charge in [0.05, 0.1) is 22.5 Å². The molecule has 0 unspecified atom stereocenters. The second-order valence-electron chi connectivity index (χ2n) is 6.62. The minimum absolute atomic E-state index is 0.0212. The predicted octanol–water partition coefficient (Wildman–Crippen LogP) is 4.38. The summed E-state index contributed by atoms with van der Waals surface area (Å²) >= 11 is 12.6. The molecule has 1 aliphatic rings. The molecule has 3 atom stereocenters. The number of benzene rings is 1. The molecule has 1 amide bonds. The smallest absolute Gasteiger partial charge is 0.230 e. The number of carbonyl (C=O) groups excluding carboxylic acids is 1. The molecule has 1 aromatic carbocycles. The third-order valence-electron chi connectivity index (χ3n) is 4.47. The van der Waals surface area contributed by atoms with Crippen LogP contribution in [0.25, 0.3) is 0 Å². The van der Waals surface area contributed by atoms with Gasteiger partial charge in [-0.05, 0) is 23.0 Å². The molecule has 9 heteroatoms. The number of allylic oxidation sites excluding steroid dienone is 1. The predicted molar refractivity (Wildman–Crippen MR) is 106 cm³/mol. The summed E-state index contributed by atoms with van der Waals surface area (Å²) in [5, 5.41) is 11.0. The molecular weight excluding hydrogens is 413 g/mol. The maximum Gasteiger partial charge on any atom is 0.230 e. The highest BCUT2D eigenvalue weighted by molar-refractivity contribution is 7.86. The lowest BCUT2D eigenvalue weighted by molar-refractivity contribution is -0.118. The minimum Gasteiger partial charge on any atom is -0.300 e. The van der Waals surface area contributed by atoms with Gasteiger partial charge in [0.15, 0.2) is 0 Å². The summed E-state index contributed by atoms with van der Waals surface area (Å²) in [5.41, 5.74) is 0.738. The maximum absolute atomic E-state index is 12.5. The zero-order valence-corrected chi connectivity index (χ0v) is 17.3. The first-order valence-electron chi connectivity index (χ1n) is 7.88. The monoisotopic (exact) mass is 429 g/mol. The maximum atomic E-state index is 12.5. The van der Waals surface area contributed by atoms with E-state index in [2.05, 4.69) is 15.5 Å². The average Bonchev–Trinajstić information content (AvgIpc) is 2.92. The topological polar surface area (TPSA) is 72.0 Å². The van der Waals surface area contributed by atoms with E-state index < -0.39 is 10.8 Å². The molecule has 0 bridgehead atoms. The molecule has 1 N–H and O–H groups in total. The summed E-state index contributed by atoms with van der Waals surface area (Å²) in [6, 6.07) is 9.52. The number of hydrogen-bond donors (Lipinski definition) is 1. The SMILES string of the molecule is CC1(C)[C@@H](C=C(Cl)Cl)[C@@H]1C(=O)Nc1nnc([S@@](=O)Cc2ccccc2)s1. The van der Waals surface area contributed by atoms with E-state index in [-0.39, 0.29) is 27.6 Å². The molecule has 1 aromatic heterocycles. The highest BCUT2D eigenvalue weighted by atomic mass is 35.5. The summed E-state index contributed by atoms with van der Waals surface area (Å²) in [5.74, 6) is -0.0631. The van der Waals surface area contributed by atoms with Crippen molar-refractivity contribution in [2.45, 2.75) is 23.9 Å². The molecule has 0 radical (unpaired) electrons. The molecule has 1 aliphatic carbocycles. The molecule has 2 aromatic rings. The van der Waals surface area contributed by atoms with Crippen molar-refractivity contribution >= 4 is 56.4 Å². The Kier molecular flexibility index (Phi) is 5.81. The molecule has 1 fully saturated rings. The molecule has 5 nitrogen and oxygen atoms in total.